The van der Waals surface area contributed by atoms with E-state index in [9.17, 15) is 28.0 Å². The lowest BCUT2D eigenvalue weighted by molar-refractivity contribution is -0.150. The van der Waals surface area contributed by atoms with Crippen LogP contribution in [-0.4, -0.2) is 61.1 Å². The van der Waals surface area contributed by atoms with Gasteiger partial charge in [0.05, 0.1) is 12.2 Å². The van der Waals surface area contributed by atoms with Crippen LogP contribution < -0.4 is 5.32 Å². The molecule has 1 unspecified atom stereocenters. The molecule has 4 amide bonds. The number of pyridine rings is 1. The van der Waals surface area contributed by atoms with Gasteiger partial charge in [0.1, 0.15) is 29.1 Å². The zero-order chi connectivity index (χ0) is 27.3. The monoisotopic (exact) mass is 534 g/mol. The smallest absolute Gasteiger partial charge is 0.278 e. The summed E-state index contributed by atoms with van der Waals surface area (Å²) in [6.07, 6.45) is 1.02. The van der Waals surface area contributed by atoms with E-state index >= 15 is 0 Å². The SMILES string of the molecule is O=C1CCC(N2C(=O)C3=C(C2=O)N(Cc2nc(-c4cc(F)cc(-c5ccccc5F)n4)no2)CCC3)C(=O)N1. The number of benzene rings is 1. The van der Waals surface area contributed by atoms with Crippen LogP contribution in [0.3, 0.4) is 0 Å². The van der Waals surface area contributed by atoms with Crippen LogP contribution in [0, 0.1) is 11.6 Å². The van der Waals surface area contributed by atoms with Crippen molar-refractivity contribution in [3.63, 3.8) is 0 Å². The molecule has 3 aliphatic heterocycles. The Morgan fingerprint density at radius 1 is 1.00 bits per heavy atom. The summed E-state index contributed by atoms with van der Waals surface area (Å²) in [7, 11) is 0. The summed E-state index contributed by atoms with van der Waals surface area (Å²) < 4.78 is 34.0. The highest BCUT2D eigenvalue weighted by Gasteiger charge is 2.48. The van der Waals surface area contributed by atoms with Crippen molar-refractivity contribution in [2.75, 3.05) is 6.54 Å². The van der Waals surface area contributed by atoms with E-state index in [1.807, 2.05) is 0 Å². The second kappa shape index (κ2) is 9.49. The number of rotatable bonds is 5. The molecule has 1 fully saturated rings. The van der Waals surface area contributed by atoms with Crippen LogP contribution in [0.2, 0.25) is 0 Å². The Bertz CT molecular complexity index is 1580. The molecule has 0 aliphatic carbocycles. The van der Waals surface area contributed by atoms with Gasteiger partial charge in [-0.15, -0.1) is 0 Å². The lowest BCUT2D eigenvalue weighted by atomic mass is 10.0. The van der Waals surface area contributed by atoms with Crippen molar-refractivity contribution in [1.29, 1.82) is 0 Å². The topological polar surface area (TPSA) is 139 Å². The van der Waals surface area contributed by atoms with Gasteiger partial charge >= 0.3 is 0 Å². The second-order valence-electron chi connectivity index (χ2n) is 9.35. The summed E-state index contributed by atoms with van der Waals surface area (Å²) in [4.78, 5) is 61.4. The lowest BCUT2D eigenvalue weighted by Crippen LogP contribution is -2.55. The summed E-state index contributed by atoms with van der Waals surface area (Å²) in [5, 5.41) is 6.05. The number of nitrogens with one attached hydrogen (secondary N) is 1. The number of halogens is 2. The molecular formula is C26H20F2N6O5. The van der Waals surface area contributed by atoms with Crippen LogP contribution >= 0.6 is 0 Å². The molecule has 2 aromatic heterocycles. The molecule has 1 N–H and O–H groups in total. The van der Waals surface area contributed by atoms with Crippen LogP contribution in [0.5, 0.6) is 0 Å². The second-order valence-corrected chi connectivity index (χ2v) is 9.35. The van der Waals surface area contributed by atoms with Crippen molar-refractivity contribution >= 4 is 23.6 Å². The fraction of sp³-hybridized carbons (Fsp3) is 0.269. The van der Waals surface area contributed by atoms with Gasteiger partial charge < -0.3 is 9.42 Å². The van der Waals surface area contributed by atoms with E-state index in [0.717, 1.165) is 17.0 Å². The van der Waals surface area contributed by atoms with Gasteiger partial charge in [0.25, 0.3) is 11.8 Å². The molecule has 1 atom stereocenters. The summed E-state index contributed by atoms with van der Waals surface area (Å²) in [6, 6.07) is 6.97. The predicted octanol–water partition coefficient (Wildman–Crippen LogP) is 2.10. The first-order valence-electron chi connectivity index (χ1n) is 12.3. The van der Waals surface area contributed by atoms with Crippen molar-refractivity contribution in [2.24, 2.45) is 0 Å². The zero-order valence-electron chi connectivity index (χ0n) is 20.3. The number of imide groups is 2. The first kappa shape index (κ1) is 24.5. The summed E-state index contributed by atoms with van der Waals surface area (Å²) >= 11 is 0. The number of hydrogen-bond donors (Lipinski definition) is 1. The maximum atomic E-state index is 14.4. The predicted molar refractivity (Wildman–Crippen MR) is 128 cm³/mol. The third-order valence-electron chi connectivity index (χ3n) is 6.84. The molecule has 0 radical (unpaired) electrons. The molecule has 1 saturated heterocycles. The number of aromatic nitrogens is 3. The van der Waals surface area contributed by atoms with Gasteiger partial charge in [-0.1, -0.05) is 17.3 Å². The van der Waals surface area contributed by atoms with Gasteiger partial charge in [0.2, 0.25) is 23.5 Å². The number of carbonyl (C=O) groups is 4. The molecule has 198 valence electrons. The third kappa shape index (κ3) is 4.35. The molecule has 11 nitrogen and oxygen atoms in total. The summed E-state index contributed by atoms with van der Waals surface area (Å²) in [6.45, 7) is 0.387. The summed E-state index contributed by atoms with van der Waals surface area (Å²) in [5.74, 6) is -3.49. The molecular weight excluding hydrogens is 514 g/mol. The molecule has 39 heavy (non-hydrogen) atoms. The van der Waals surface area contributed by atoms with E-state index < -0.39 is 41.3 Å². The van der Waals surface area contributed by atoms with E-state index in [0.29, 0.717) is 19.4 Å². The van der Waals surface area contributed by atoms with Gasteiger partial charge in [-0.25, -0.2) is 13.8 Å². The highest BCUT2D eigenvalue weighted by atomic mass is 19.1. The average molecular weight is 534 g/mol. The zero-order valence-corrected chi connectivity index (χ0v) is 20.3. The van der Waals surface area contributed by atoms with Crippen molar-refractivity contribution in [2.45, 2.75) is 38.3 Å². The van der Waals surface area contributed by atoms with Gasteiger partial charge in [-0.2, -0.15) is 4.98 Å². The quantitative estimate of drug-likeness (QED) is 0.488. The molecule has 13 heteroatoms. The minimum Gasteiger partial charge on any atom is -0.357 e. The number of piperidine rings is 1. The largest absolute Gasteiger partial charge is 0.357 e. The van der Waals surface area contributed by atoms with Crippen LogP contribution in [0.25, 0.3) is 22.8 Å². The minimum absolute atomic E-state index is 0.0243. The standard InChI is InChI=1S/C26H20F2N6O5/c27-13-10-17(14-4-1-2-6-16(14)28)29-18(11-13)23-31-21(39-32-23)12-33-9-3-5-15-22(33)26(38)34(25(15)37)19-7-8-20(35)30-24(19)36/h1-2,4,6,10-11,19H,3,5,7-9,12H2,(H,30,35,36). The van der Waals surface area contributed by atoms with Crippen molar-refractivity contribution in [1.82, 2.24) is 30.2 Å². The first-order valence-corrected chi connectivity index (χ1v) is 12.3. The number of amides is 4. The maximum absolute atomic E-state index is 14.4. The highest BCUT2D eigenvalue weighted by molar-refractivity contribution is 6.21. The van der Waals surface area contributed by atoms with Crippen LogP contribution in [0.15, 0.2) is 52.2 Å². The van der Waals surface area contributed by atoms with Crippen molar-refractivity contribution in [3.8, 4) is 22.8 Å². The average Bonchev–Trinajstić information content (AvgIpc) is 3.47. The fourth-order valence-electron chi connectivity index (χ4n) is 5.07. The van der Waals surface area contributed by atoms with Crippen molar-refractivity contribution in [3.05, 3.63) is 65.2 Å². The van der Waals surface area contributed by atoms with E-state index in [4.69, 9.17) is 4.52 Å². The molecule has 6 rings (SSSR count). The Morgan fingerprint density at radius 2 is 1.79 bits per heavy atom. The van der Waals surface area contributed by atoms with Gasteiger partial charge in [0, 0.05) is 36.2 Å². The Kier molecular flexibility index (Phi) is 5.97. The molecule has 0 saturated carbocycles. The van der Waals surface area contributed by atoms with E-state index in [1.165, 1.54) is 18.2 Å². The normalized spacial score (nSPS) is 19.6. The molecule has 0 spiro atoms. The Morgan fingerprint density at radius 3 is 2.59 bits per heavy atom. The molecule has 0 bridgehead atoms. The Balaban J connectivity index is 1.24. The van der Waals surface area contributed by atoms with Crippen LogP contribution in [0.4, 0.5) is 8.78 Å². The number of hydrogen-bond acceptors (Lipinski definition) is 9. The lowest BCUT2D eigenvalue weighted by Gasteiger charge is -2.29. The molecule has 3 aromatic rings. The number of carbonyl (C=O) groups excluding carboxylic acids is 4. The third-order valence-corrected chi connectivity index (χ3v) is 6.84. The molecule has 5 heterocycles. The maximum Gasteiger partial charge on any atom is 0.278 e. The van der Waals surface area contributed by atoms with E-state index in [1.54, 1.807) is 11.0 Å². The van der Waals surface area contributed by atoms with Crippen LogP contribution in [-0.2, 0) is 25.7 Å². The first-order chi connectivity index (χ1) is 18.8. The summed E-state index contributed by atoms with van der Waals surface area (Å²) in [5.41, 5.74) is 0.639. The van der Waals surface area contributed by atoms with E-state index in [-0.39, 0.29) is 59.3 Å². The van der Waals surface area contributed by atoms with Crippen molar-refractivity contribution < 1.29 is 32.5 Å². The highest BCUT2D eigenvalue weighted by Crippen LogP contribution is 2.35. The van der Waals surface area contributed by atoms with Gasteiger partial charge in [-0.3, -0.25) is 29.4 Å². The molecule has 3 aliphatic rings. The Labute approximate surface area is 219 Å². The Hall–Kier alpha value is -4.81. The van der Waals surface area contributed by atoms with Gasteiger partial charge in [-0.05, 0) is 31.4 Å². The molecule has 1 aromatic carbocycles. The minimum atomic E-state index is -1.06. The number of nitrogens with zero attached hydrogens (tertiary/aromatic N) is 5. The fourth-order valence-corrected chi connectivity index (χ4v) is 5.07. The van der Waals surface area contributed by atoms with Gasteiger partial charge in [0.15, 0.2) is 0 Å². The van der Waals surface area contributed by atoms with Crippen LogP contribution in [0.1, 0.15) is 31.6 Å². The van der Waals surface area contributed by atoms with E-state index in [2.05, 4.69) is 20.4 Å².